The van der Waals surface area contributed by atoms with Crippen molar-refractivity contribution in [3.63, 3.8) is 0 Å². The first-order valence-electron chi connectivity index (χ1n) is 7.10. The van der Waals surface area contributed by atoms with Gasteiger partial charge in [-0.3, -0.25) is 4.79 Å². The summed E-state index contributed by atoms with van der Waals surface area (Å²) in [6.45, 7) is 6.51. The summed E-state index contributed by atoms with van der Waals surface area (Å²) in [5.74, 6) is 0. The number of rotatable bonds is 1. The molecule has 0 bridgehead atoms. The minimum Gasteiger partial charge on any atom is -0.444 e. The Labute approximate surface area is 138 Å². The second-order valence-corrected chi connectivity index (χ2v) is 7.04. The van der Waals surface area contributed by atoms with Crippen molar-refractivity contribution in [2.24, 2.45) is 0 Å². The Kier molecular flexibility index (Phi) is 5.02. The smallest absolute Gasteiger partial charge is 0.410 e. The third kappa shape index (κ3) is 3.93. The molecule has 1 aromatic heterocycles. The first-order chi connectivity index (χ1) is 10.2. The van der Waals surface area contributed by atoms with E-state index in [0.717, 1.165) is 0 Å². The van der Waals surface area contributed by atoms with Crippen molar-refractivity contribution < 1.29 is 9.53 Å². The van der Waals surface area contributed by atoms with Gasteiger partial charge in [0.25, 0.3) is 5.56 Å². The van der Waals surface area contributed by atoms with E-state index in [1.54, 1.807) is 4.90 Å². The van der Waals surface area contributed by atoms with Gasteiger partial charge >= 0.3 is 6.09 Å². The zero-order chi connectivity index (χ0) is 16.5. The maximum absolute atomic E-state index is 12.1. The number of hydrogen-bond acceptors (Lipinski definition) is 4. The van der Waals surface area contributed by atoms with Crippen LogP contribution in [0.15, 0.2) is 11.0 Å². The third-order valence-electron chi connectivity index (χ3n) is 3.36. The molecule has 0 unspecified atom stereocenters. The van der Waals surface area contributed by atoms with E-state index in [4.69, 9.17) is 27.9 Å². The molecule has 0 N–H and O–H groups in total. The maximum Gasteiger partial charge on any atom is 0.410 e. The highest BCUT2D eigenvalue weighted by Gasteiger charge is 2.28. The number of nitrogens with zero attached hydrogens (tertiary/aromatic N) is 3. The summed E-state index contributed by atoms with van der Waals surface area (Å²) in [5, 5.41) is 4.17. The quantitative estimate of drug-likeness (QED) is 0.782. The molecule has 1 fully saturated rings. The lowest BCUT2D eigenvalue weighted by atomic mass is 10.1. The van der Waals surface area contributed by atoms with Crippen LogP contribution in [0.25, 0.3) is 0 Å². The first kappa shape index (κ1) is 17.1. The van der Waals surface area contributed by atoms with E-state index >= 15 is 0 Å². The molecule has 0 saturated carbocycles. The highest BCUT2D eigenvalue weighted by atomic mass is 35.5. The van der Waals surface area contributed by atoms with Crippen LogP contribution in [0.3, 0.4) is 0 Å². The summed E-state index contributed by atoms with van der Waals surface area (Å²) < 4.78 is 6.69. The number of ether oxygens (including phenoxy) is 1. The number of hydrogen-bond donors (Lipinski definition) is 0. The van der Waals surface area contributed by atoms with Crippen molar-refractivity contribution in [3.8, 4) is 0 Å². The standard InChI is InChI=1S/C14H19Cl2N3O3/c1-14(2,3)22-13(21)18-6-4-9(5-7-18)19-12(20)11(16)10(15)8-17-19/h8-9H,4-7H2,1-3H3. The topological polar surface area (TPSA) is 64.4 Å². The molecule has 2 rings (SSSR count). The van der Waals surface area contributed by atoms with Crippen LogP contribution in [-0.2, 0) is 4.74 Å². The maximum atomic E-state index is 12.1. The third-order valence-corrected chi connectivity index (χ3v) is 4.11. The van der Waals surface area contributed by atoms with Crippen LogP contribution in [-0.4, -0.2) is 39.5 Å². The van der Waals surface area contributed by atoms with Crippen LogP contribution < -0.4 is 5.56 Å². The van der Waals surface area contributed by atoms with Gasteiger partial charge in [-0.2, -0.15) is 5.10 Å². The number of halogens is 2. The normalized spacial score (nSPS) is 16.7. The van der Waals surface area contributed by atoms with Gasteiger partial charge in [0, 0.05) is 13.1 Å². The Hall–Kier alpha value is -1.27. The van der Waals surface area contributed by atoms with Gasteiger partial charge in [0.05, 0.1) is 17.3 Å². The monoisotopic (exact) mass is 347 g/mol. The fourth-order valence-corrected chi connectivity index (χ4v) is 2.56. The van der Waals surface area contributed by atoms with Crippen LogP contribution in [0.4, 0.5) is 4.79 Å². The lowest BCUT2D eigenvalue weighted by Gasteiger charge is -2.33. The van der Waals surface area contributed by atoms with Crippen LogP contribution in [0, 0.1) is 0 Å². The molecule has 1 aliphatic rings. The SMILES string of the molecule is CC(C)(C)OC(=O)N1CCC(n2ncc(Cl)c(Cl)c2=O)CC1. The van der Waals surface area contributed by atoms with Gasteiger partial charge < -0.3 is 9.64 Å². The predicted octanol–water partition coefficient (Wildman–Crippen LogP) is 3.12. The highest BCUT2D eigenvalue weighted by Crippen LogP contribution is 2.23. The molecule has 2 heterocycles. The molecule has 122 valence electrons. The van der Waals surface area contributed by atoms with Crippen molar-refractivity contribution >= 4 is 29.3 Å². The van der Waals surface area contributed by atoms with Crippen LogP contribution >= 0.6 is 23.2 Å². The number of likely N-dealkylation sites (tertiary alicyclic amines) is 1. The molecule has 1 amide bonds. The number of piperidine rings is 1. The van der Waals surface area contributed by atoms with E-state index in [2.05, 4.69) is 5.10 Å². The molecule has 0 aliphatic carbocycles. The molecule has 1 aromatic rings. The summed E-state index contributed by atoms with van der Waals surface area (Å²) in [6.07, 6.45) is 2.26. The Morgan fingerprint density at radius 1 is 1.32 bits per heavy atom. The van der Waals surface area contributed by atoms with Gasteiger partial charge in [0.1, 0.15) is 10.6 Å². The van der Waals surface area contributed by atoms with Crippen LogP contribution in [0.2, 0.25) is 10.0 Å². The average molecular weight is 348 g/mol. The van der Waals surface area contributed by atoms with Gasteiger partial charge in [0.2, 0.25) is 0 Å². The summed E-state index contributed by atoms with van der Waals surface area (Å²) in [4.78, 5) is 25.7. The van der Waals surface area contributed by atoms with Crippen molar-refractivity contribution in [1.29, 1.82) is 0 Å². The average Bonchev–Trinajstić information content (AvgIpc) is 2.43. The largest absolute Gasteiger partial charge is 0.444 e. The van der Waals surface area contributed by atoms with E-state index in [0.29, 0.717) is 25.9 Å². The summed E-state index contributed by atoms with van der Waals surface area (Å²) in [7, 11) is 0. The molecule has 0 spiro atoms. The Morgan fingerprint density at radius 3 is 2.45 bits per heavy atom. The van der Waals surface area contributed by atoms with Gasteiger partial charge in [-0.15, -0.1) is 0 Å². The van der Waals surface area contributed by atoms with Crippen LogP contribution in [0.5, 0.6) is 0 Å². The summed E-state index contributed by atoms with van der Waals surface area (Å²) >= 11 is 11.6. The fraction of sp³-hybridized carbons (Fsp3) is 0.643. The van der Waals surface area contributed by atoms with E-state index in [1.165, 1.54) is 10.9 Å². The Balaban J connectivity index is 2.03. The fourth-order valence-electron chi connectivity index (χ4n) is 2.30. The molecular formula is C14H19Cl2N3O3. The van der Waals surface area contributed by atoms with Crippen molar-refractivity contribution in [1.82, 2.24) is 14.7 Å². The molecule has 8 heteroatoms. The minimum atomic E-state index is -0.518. The Morgan fingerprint density at radius 2 is 1.91 bits per heavy atom. The van der Waals surface area contributed by atoms with Crippen molar-refractivity contribution in [2.75, 3.05) is 13.1 Å². The number of carbonyl (C=O) groups is 1. The molecule has 1 saturated heterocycles. The highest BCUT2D eigenvalue weighted by molar-refractivity contribution is 6.41. The summed E-state index contributed by atoms with van der Waals surface area (Å²) in [6, 6.07) is -0.0963. The van der Waals surface area contributed by atoms with Gasteiger partial charge in [-0.05, 0) is 33.6 Å². The lowest BCUT2D eigenvalue weighted by molar-refractivity contribution is 0.0183. The second kappa shape index (κ2) is 6.46. The molecule has 6 nitrogen and oxygen atoms in total. The van der Waals surface area contributed by atoms with E-state index in [-0.39, 0.29) is 22.2 Å². The zero-order valence-electron chi connectivity index (χ0n) is 12.8. The van der Waals surface area contributed by atoms with E-state index in [1.807, 2.05) is 20.8 Å². The minimum absolute atomic E-state index is 0.0220. The molecular weight excluding hydrogens is 329 g/mol. The van der Waals surface area contributed by atoms with Crippen molar-refractivity contribution in [2.45, 2.75) is 45.3 Å². The van der Waals surface area contributed by atoms with E-state index < -0.39 is 11.2 Å². The van der Waals surface area contributed by atoms with Gasteiger partial charge in [0.15, 0.2) is 0 Å². The zero-order valence-corrected chi connectivity index (χ0v) is 14.3. The van der Waals surface area contributed by atoms with Crippen molar-refractivity contribution in [3.05, 3.63) is 26.6 Å². The summed E-state index contributed by atoms with van der Waals surface area (Å²) in [5.41, 5.74) is -0.916. The Bertz CT molecular complexity index is 617. The number of amides is 1. The first-order valence-corrected chi connectivity index (χ1v) is 7.85. The lowest BCUT2D eigenvalue weighted by Crippen LogP contribution is -2.43. The van der Waals surface area contributed by atoms with Gasteiger partial charge in [-0.25, -0.2) is 9.48 Å². The molecule has 0 radical (unpaired) electrons. The predicted molar refractivity (Wildman–Crippen MR) is 84.6 cm³/mol. The van der Waals surface area contributed by atoms with Gasteiger partial charge in [-0.1, -0.05) is 23.2 Å². The van der Waals surface area contributed by atoms with Crippen LogP contribution in [0.1, 0.15) is 39.7 Å². The number of carbonyl (C=O) groups excluding carboxylic acids is 1. The molecule has 0 aromatic carbocycles. The second-order valence-electron chi connectivity index (χ2n) is 6.25. The molecule has 0 atom stereocenters. The number of aromatic nitrogens is 2. The molecule has 1 aliphatic heterocycles. The van der Waals surface area contributed by atoms with E-state index in [9.17, 15) is 9.59 Å². The molecule has 22 heavy (non-hydrogen) atoms.